The van der Waals surface area contributed by atoms with Gasteiger partial charge in [-0.25, -0.2) is 0 Å². The molecular formula is C20H29F2IN7O2-. The number of hydrogen-bond acceptors (Lipinski definition) is 8. The van der Waals surface area contributed by atoms with Crippen molar-refractivity contribution in [3.05, 3.63) is 21.0 Å². The first-order valence-electron chi connectivity index (χ1n) is 10.5. The van der Waals surface area contributed by atoms with E-state index in [2.05, 4.69) is 15.3 Å². The molecule has 0 aliphatic carbocycles. The number of aliphatic hydroxyl groups excluding tert-OH is 1. The van der Waals surface area contributed by atoms with Gasteiger partial charge in [0.05, 0.1) is 0 Å². The predicted octanol–water partition coefficient (Wildman–Crippen LogP) is -1.42. The molecule has 0 aromatic carbocycles. The van der Waals surface area contributed by atoms with Crippen LogP contribution in [0.2, 0.25) is 0 Å². The van der Waals surface area contributed by atoms with Gasteiger partial charge >= 0.3 is 197 Å². The maximum absolute atomic E-state index is 13.9. The van der Waals surface area contributed by atoms with E-state index >= 15 is 0 Å². The van der Waals surface area contributed by atoms with Gasteiger partial charge < -0.3 is 0 Å². The van der Waals surface area contributed by atoms with E-state index in [1.807, 2.05) is 30.6 Å². The Morgan fingerprint density at radius 2 is 2.19 bits per heavy atom. The molecule has 1 unspecified atom stereocenters. The van der Waals surface area contributed by atoms with Crippen LogP contribution in [0.4, 0.5) is 8.78 Å². The summed E-state index contributed by atoms with van der Waals surface area (Å²) in [6.07, 6.45) is -0.959. The molecule has 0 spiro atoms. The molecule has 1 fully saturated rings. The van der Waals surface area contributed by atoms with E-state index in [4.69, 9.17) is 15.1 Å². The van der Waals surface area contributed by atoms with E-state index in [9.17, 15) is 13.9 Å². The van der Waals surface area contributed by atoms with Crippen LogP contribution >= 0.6 is 0 Å². The van der Waals surface area contributed by atoms with Gasteiger partial charge in [0.1, 0.15) is 0 Å². The van der Waals surface area contributed by atoms with Crippen LogP contribution in [0, 0.1) is 5.41 Å². The molecule has 9 nitrogen and oxygen atoms in total. The zero-order valence-electron chi connectivity index (χ0n) is 18.4. The number of rotatable bonds is 5. The SMILES string of the molecule is CCC(CO)N(CC)C1=NC(N2CCOC[C@H]2C)=NC(=C2[I-]C=NC(=N)C=C2C(F)F)N1. The Morgan fingerprint density at radius 3 is 2.81 bits per heavy atom. The van der Waals surface area contributed by atoms with Crippen molar-refractivity contribution in [3.8, 4) is 0 Å². The first-order chi connectivity index (χ1) is 15.4. The number of nitrogens with zero attached hydrogens (tertiary/aromatic N) is 5. The van der Waals surface area contributed by atoms with E-state index in [-0.39, 0.29) is 30.1 Å². The van der Waals surface area contributed by atoms with Crippen LogP contribution in [0.3, 0.4) is 0 Å². The summed E-state index contributed by atoms with van der Waals surface area (Å²) >= 11 is -1.06. The van der Waals surface area contributed by atoms with Crippen LogP contribution in [0.5, 0.6) is 0 Å². The second-order valence-corrected chi connectivity index (χ2v) is 9.66. The summed E-state index contributed by atoms with van der Waals surface area (Å²) in [5.41, 5.74) is -0.237. The van der Waals surface area contributed by atoms with E-state index < -0.39 is 27.6 Å². The Balaban J connectivity index is 2.13. The molecule has 3 N–H and O–H groups in total. The van der Waals surface area contributed by atoms with Crippen LogP contribution in [-0.4, -0.2) is 88.3 Å². The molecule has 0 saturated carbocycles. The third kappa shape index (κ3) is 5.52. The van der Waals surface area contributed by atoms with Gasteiger partial charge in [0.25, 0.3) is 0 Å². The molecular weight excluding hydrogens is 535 g/mol. The molecule has 3 rings (SSSR count). The summed E-state index contributed by atoms with van der Waals surface area (Å²) in [7, 11) is 0. The van der Waals surface area contributed by atoms with Crippen molar-refractivity contribution >= 4 is 22.0 Å². The number of morpholine rings is 1. The molecule has 2 atom stereocenters. The Kier molecular flexibility index (Phi) is 8.71. The normalized spacial score (nSPS) is 25.3. The van der Waals surface area contributed by atoms with Gasteiger partial charge in [-0.1, -0.05) is 0 Å². The van der Waals surface area contributed by atoms with Crippen molar-refractivity contribution in [1.82, 2.24) is 15.1 Å². The third-order valence-corrected chi connectivity index (χ3v) is 7.66. The van der Waals surface area contributed by atoms with Gasteiger partial charge in [-0.15, -0.1) is 0 Å². The third-order valence-electron chi connectivity index (χ3n) is 5.34. The average Bonchev–Trinajstić information content (AvgIpc) is 2.99. The monoisotopic (exact) mass is 564 g/mol. The maximum atomic E-state index is 13.9. The molecule has 0 aromatic rings. The minimum absolute atomic E-state index is 0.0235. The van der Waals surface area contributed by atoms with Crippen LogP contribution in [0.25, 0.3) is 0 Å². The fraction of sp³-hybridized carbons (Fsp3) is 0.600. The topological polar surface area (TPSA) is 109 Å². The minimum atomic E-state index is -2.76. The van der Waals surface area contributed by atoms with Crippen LogP contribution in [0.1, 0.15) is 27.2 Å². The first kappa shape index (κ1) is 24.7. The molecule has 0 radical (unpaired) electrons. The number of guanidine groups is 2. The summed E-state index contributed by atoms with van der Waals surface area (Å²) in [6, 6.07) is -0.155. The molecule has 12 heteroatoms. The zero-order chi connectivity index (χ0) is 23.3. The van der Waals surface area contributed by atoms with Crippen molar-refractivity contribution in [2.45, 2.75) is 45.7 Å². The first-order valence-corrected chi connectivity index (χ1v) is 12.9. The summed E-state index contributed by atoms with van der Waals surface area (Å²) in [4.78, 5) is 17.3. The molecule has 3 heterocycles. The fourth-order valence-corrected chi connectivity index (χ4v) is 5.61. The molecule has 3 aliphatic heterocycles. The predicted molar refractivity (Wildman–Crippen MR) is 116 cm³/mol. The molecule has 0 bridgehead atoms. The molecule has 0 amide bonds. The molecule has 0 aromatic heterocycles. The Hall–Kier alpha value is -1.93. The number of hydrogen-bond donors (Lipinski definition) is 3. The summed E-state index contributed by atoms with van der Waals surface area (Å²) in [5.74, 6) is 0.994. The summed E-state index contributed by atoms with van der Waals surface area (Å²) < 4.78 is 35.3. The number of nitrogens with one attached hydrogen (secondary N) is 2. The number of aliphatic imine (C=N–C) groups is 3. The van der Waals surface area contributed by atoms with Gasteiger partial charge in [-0.2, -0.15) is 0 Å². The van der Waals surface area contributed by atoms with E-state index in [1.165, 1.54) is 0 Å². The van der Waals surface area contributed by atoms with Crippen LogP contribution < -0.4 is 26.5 Å². The van der Waals surface area contributed by atoms with Gasteiger partial charge in [0, 0.05) is 0 Å². The summed E-state index contributed by atoms with van der Waals surface area (Å²) in [6.45, 7) is 8.07. The fourth-order valence-electron chi connectivity index (χ4n) is 3.59. The molecule has 178 valence electrons. The van der Waals surface area contributed by atoms with Crippen molar-refractivity contribution in [3.63, 3.8) is 0 Å². The van der Waals surface area contributed by atoms with Crippen molar-refractivity contribution in [2.24, 2.45) is 15.0 Å². The van der Waals surface area contributed by atoms with Gasteiger partial charge in [-0.05, 0) is 0 Å². The average molecular weight is 564 g/mol. The zero-order valence-corrected chi connectivity index (χ0v) is 20.5. The number of amidine groups is 1. The number of halogens is 3. The van der Waals surface area contributed by atoms with Gasteiger partial charge in [0.15, 0.2) is 0 Å². The standard InChI is InChI=1S/C20H29F2IN7O2/c1-4-13(9-31)29(5-2)19-26-18(16-14(17(21)22)8-15(24)25-11-23-16)27-20(28-19)30-6-7-32-10-12(30)3/h8,11-13,17,24,31H,4-7,9-10H2,1-3H3,(H,26,27,28)/q-1/t12-,13?/m1/s1. The van der Waals surface area contributed by atoms with Crippen molar-refractivity contribution < 1.29 is 39.8 Å². The number of allylic oxidation sites excluding steroid dienone is 2. The van der Waals surface area contributed by atoms with Crippen molar-refractivity contribution in [1.29, 1.82) is 5.41 Å². The quantitative estimate of drug-likeness (QED) is 0.356. The molecule has 32 heavy (non-hydrogen) atoms. The van der Waals surface area contributed by atoms with Gasteiger partial charge in [-0.3, -0.25) is 0 Å². The Labute approximate surface area is 196 Å². The van der Waals surface area contributed by atoms with Crippen LogP contribution in [0.15, 0.2) is 36.0 Å². The number of aliphatic hydroxyl groups is 1. The number of likely N-dealkylation sites (N-methyl/N-ethyl adjacent to an activating group) is 1. The van der Waals surface area contributed by atoms with Crippen molar-refractivity contribution in [2.75, 3.05) is 32.9 Å². The van der Waals surface area contributed by atoms with Crippen LogP contribution in [-0.2, 0) is 4.74 Å². The Bertz CT molecular complexity index is 868. The summed E-state index contributed by atoms with van der Waals surface area (Å²) in [5, 5.41) is 20.8. The number of ether oxygens (including phenoxy) is 1. The number of alkyl halides is 2. The van der Waals surface area contributed by atoms with E-state index in [1.54, 1.807) is 4.22 Å². The van der Waals surface area contributed by atoms with E-state index in [0.29, 0.717) is 54.0 Å². The van der Waals surface area contributed by atoms with Gasteiger partial charge in [0.2, 0.25) is 0 Å². The molecule has 1 saturated heterocycles. The second kappa shape index (κ2) is 11.3. The Morgan fingerprint density at radius 1 is 1.41 bits per heavy atom. The second-order valence-electron chi connectivity index (χ2n) is 7.40. The molecule has 3 aliphatic rings. The van der Waals surface area contributed by atoms with E-state index in [0.717, 1.165) is 6.08 Å².